The molecule has 0 aromatic carbocycles. The van der Waals surface area contributed by atoms with E-state index in [1.54, 1.807) is 0 Å². The first kappa shape index (κ1) is 35.8. The van der Waals surface area contributed by atoms with Gasteiger partial charge < -0.3 is 0 Å². The van der Waals surface area contributed by atoms with Gasteiger partial charge in [0.15, 0.2) is 0 Å². The number of unbranched alkanes of at least 4 members (excludes halogenated alkanes) is 10. The van der Waals surface area contributed by atoms with Gasteiger partial charge in [0.2, 0.25) is 0 Å². The molecule has 2 fully saturated rings. The zero-order chi connectivity index (χ0) is 29.2. The van der Waals surface area contributed by atoms with Crippen LogP contribution < -0.4 is 0 Å². The molecule has 0 bridgehead atoms. The second-order valence-electron chi connectivity index (χ2n) is 14.9. The molecule has 2 rings (SSSR count). The number of nitrogens with zero attached hydrogens (tertiary/aromatic N) is 2. The van der Waals surface area contributed by atoms with Crippen molar-refractivity contribution in [1.82, 2.24) is 9.80 Å². The van der Waals surface area contributed by atoms with E-state index in [-0.39, 0.29) is 0 Å². The molecule has 2 aliphatic heterocycles. The molecule has 0 aromatic heterocycles. The van der Waals surface area contributed by atoms with Gasteiger partial charge in [-0.15, -0.1) is 0 Å². The number of rotatable bonds is 14. The van der Waals surface area contributed by atoms with Crippen LogP contribution in [0.4, 0.5) is 0 Å². The van der Waals surface area contributed by atoms with E-state index in [1.807, 2.05) is 0 Å². The molecule has 0 aromatic rings. The van der Waals surface area contributed by atoms with Crippen molar-refractivity contribution < 1.29 is 12.3 Å². The van der Waals surface area contributed by atoms with Crippen molar-refractivity contribution in [2.45, 2.75) is 169 Å². The van der Waals surface area contributed by atoms with Crippen molar-refractivity contribution in [1.29, 1.82) is 0 Å². The Bertz CT molecular complexity index is 596. The van der Waals surface area contributed by atoms with E-state index in [9.17, 15) is 0 Å². The van der Waals surface area contributed by atoms with Crippen LogP contribution in [0.1, 0.15) is 146 Å². The molecule has 0 N–H and O–H groups in total. The van der Waals surface area contributed by atoms with Crippen LogP contribution in [0, 0.1) is 0 Å². The van der Waals surface area contributed by atoms with Gasteiger partial charge >= 0.3 is 250 Å². The van der Waals surface area contributed by atoms with Gasteiger partial charge in [-0.05, 0) is 0 Å². The molecular weight excluding hydrogens is 595 g/mol. The first-order chi connectivity index (χ1) is 18.1. The SMILES string of the molecule is CCCCCCCCN1CC(C)(C)[O][Sn]2([O]C(C)(C)C1)[O]C(C)(C)CN(CCCCCCCC)CC(C)(C)[O]2. The van der Waals surface area contributed by atoms with E-state index >= 15 is 0 Å². The van der Waals surface area contributed by atoms with E-state index < -0.39 is 42.4 Å². The maximum atomic E-state index is 6.99. The van der Waals surface area contributed by atoms with Crippen LogP contribution in [0.2, 0.25) is 0 Å². The predicted octanol–water partition coefficient (Wildman–Crippen LogP) is 7.96. The zero-order valence-corrected chi connectivity index (χ0v) is 30.6. The quantitative estimate of drug-likeness (QED) is 0.139. The van der Waals surface area contributed by atoms with Crippen molar-refractivity contribution in [2.75, 3.05) is 39.3 Å². The first-order valence-electron chi connectivity index (χ1n) is 16.4. The fourth-order valence-electron chi connectivity index (χ4n) is 6.42. The van der Waals surface area contributed by atoms with E-state index in [4.69, 9.17) is 12.3 Å². The molecule has 7 heteroatoms. The molecule has 2 heterocycles. The number of hydrogen-bond acceptors (Lipinski definition) is 6. The van der Waals surface area contributed by atoms with Crippen LogP contribution in [-0.2, 0) is 12.3 Å². The molecule has 39 heavy (non-hydrogen) atoms. The molecule has 0 radical (unpaired) electrons. The standard InChI is InChI=1S/2C16H33NO2.Sn/c2*1-6-7-8-9-10-11-12-17(13-15(2,3)18)14-16(4,5)19;/h2*6-14H2,1-5H3;/q2*-2;+4. The molecule has 1 spiro atoms. The zero-order valence-electron chi connectivity index (χ0n) is 27.8. The summed E-state index contributed by atoms with van der Waals surface area (Å²) in [6, 6.07) is 0. The van der Waals surface area contributed by atoms with Crippen LogP contribution in [-0.4, -0.2) is 91.5 Å². The second kappa shape index (κ2) is 15.9. The van der Waals surface area contributed by atoms with Crippen molar-refractivity contribution in [3.05, 3.63) is 0 Å². The van der Waals surface area contributed by atoms with Crippen LogP contribution in [0.5, 0.6) is 0 Å². The summed E-state index contributed by atoms with van der Waals surface area (Å²) in [6.07, 6.45) is 15.7. The average molecular weight is 662 g/mol. The summed E-state index contributed by atoms with van der Waals surface area (Å²) in [5, 5.41) is 0. The maximum absolute atomic E-state index is 6.99. The van der Waals surface area contributed by atoms with Gasteiger partial charge in [0.05, 0.1) is 0 Å². The van der Waals surface area contributed by atoms with Gasteiger partial charge in [0, 0.05) is 0 Å². The fraction of sp³-hybridized carbons (Fsp3) is 1.00. The molecule has 0 amide bonds. The molecule has 2 saturated heterocycles. The Labute approximate surface area is 249 Å². The minimum atomic E-state index is -4.49. The third kappa shape index (κ3) is 14.1. The summed E-state index contributed by atoms with van der Waals surface area (Å²) < 4.78 is 28.0. The predicted molar refractivity (Wildman–Crippen MR) is 166 cm³/mol. The van der Waals surface area contributed by atoms with E-state index in [0.717, 1.165) is 39.3 Å². The van der Waals surface area contributed by atoms with Crippen molar-refractivity contribution in [2.24, 2.45) is 0 Å². The van der Waals surface area contributed by atoms with Gasteiger partial charge in [-0.25, -0.2) is 0 Å². The van der Waals surface area contributed by atoms with E-state index in [0.29, 0.717) is 0 Å². The first-order valence-corrected chi connectivity index (χ1v) is 21.0. The third-order valence-electron chi connectivity index (χ3n) is 7.68. The van der Waals surface area contributed by atoms with Gasteiger partial charge in [-0.1, -0.05) is 0 Å². The average Bonchev–Trinajstić information content (AvgIpc) is 2.73. The Balaban J connectivity index is 2.10. The minimum absolute atomic E-state index is 0.404. The monoisotopic (exact) mass is 662 g/mol. The van der Waals surface area contributed by atoms with Crippen molar-refractivity contribution in [3.63, 3.8) is 0 Å². The second-order valence-corrected chi connectivity index (χ2v) is 20.1. The molecule has 0 unspecified atom stereocenters. The Morgan fingerprint density at radius 3 is 0.974 bits per heavy atom. The molecular formula is C32H66N2O4Sn. The van der Waals surface area contributed by atoms with E-state index in [1.165, 1.54) is 77.0 Å². The van der Waals surface area contributed by atoms with Gasteiger partial charge in [0.25, 0.3) is 0 Å². The Morgan fingerprint density at radius 1 is 0.436 bits per heavy atom. The molecule has 6 nitrogen and oxygen atoms in total. The van der Waals surface area contributed by atoms with Crippen LogP contribution in [0.3, 0.4) is 0 Å². The molecule has 232 valence electrons. The van der Waals surface area contributed by atoms with Crippen molar-refractivity contribution in [3.8, 4) is 0 Å². The van der Waals surface area contributed by atoms with Crippen LogP contribution >= 0.6 is 0 Å². The van der Waals surface area contributed by atoms with Crippen LogP contribution in [0.15, 0.2) is 0 Å². The summed E-state index contributed by atoms with van der Waals surface area (Å²) in [4.78, 5) is 5.08. The van der Waals surface area contributed by atoms with Crippen LogP contribution in [0.25, 0.3) is 0 Å². The molecule has 0 aliphatic carbocycles. The Kier molecular flexibility index (Phi) is 14.5. The van der Waals surface area contributed by atoms with Gasteiger partial charge in [-0.3, -0.25) is 0 Å². The van der Waals surface area contributed by atoms with Gasteiger partial charge in [-0.2, -0.15) is 0 Å². The third-order valence-corrected chi connectivity index (χ3v) is 16.8. The summed E-state index contributed by atoms with van der Waals surface area (Å²) in [5.74, 6) is 0. The normalized spacial score (nSPS) is 25.1. The number of hydrogen-bond donors (Lipinski definition) is 0. The molecule has 2 aliphatic rings. The van der Waals surface area contributed by atoms with Crippen molar-refractivity contribution >= 4 is 20.0 Å². The topological polar surface area (TPSA) is 43.4 Å². The van der Waals surface area contributed by atoms with Gasteiger partial charge in [0.1, 0.15) is 0 Å². The summed E-state index contributed by atoms with van der Waals surface area (Å²) in [6.45, 7) is 27.7. The Morgan fingerprint density at radius 2 is 0.692 bits per heavy atom. The summed E-state index contributed by atoms with van der Waals surface area (Å²) in [5.41, 5.74) is -1.62. The van der Waals surface area contributed by atoms with E-state index in [2.05, 4.69) is 79.0 Å². The molecule has 0 atom stereocenters. The summed E-state index contributed by atoms with van der Waals surface area (Å²) in [7, 11) is 0. The Hall–Kier alpha value is 0.559. The molecule has 0 saturated carbocycles. The fourth-order valence-corrected chi connectivity index (χ4v) is 15.6. The summed E-state index contributed by atoms with van der Waals surface area (Å²) >= 11 is -4.49.